The van der Waals surface area contributed by atoms with Crippen LogP contribution in [0.25, 0.3) is 0 Å². The second-order valence-electron chi connectivity index (χ2n) is 7.17. The molecule has 4 aromatic rings. The summed E-state index contributed by atoms with van der Waals surface area (Å²) < 4.78 is 3.65. The maximum atomic E-state index is 12.4. The van der Waals surface area contributed by atoms with Crippen molar-refractivity contribution in [2.45, 2.75) is 25.9 Å². The van der Waals surface area contributed by atoms with E-state index in [2.05, 4.69) is 58.9 Å². The van der Waals surface area contributed by atoms with E-state index in [0.29, 0.717) is 11.4 Å². The normalized spacial score (nSPS) is 12.9. The summed E-state index contributed by atoms with van der Waals surface area (Å²) in [5, 5.41) is 14.4. The molecule has 2 heterocycles. The molecular formula is C23H24N6O. The van der Waals surface area contributed by atoms with Gasteiger partial charge in [0.25, 0.3) is 0 Å². The first kappa shape index (κ1) is 19.4. The number of hydrogen-bond acceptors (Lipinski definition) is 3. The number of hydrogen-bond donors (Lipinski definition) is 2. The lowest BCUT2D eigenvalue weighted by Gasteiger charge is -2.12. The number of amides is 2. The van der Waals surface area contributed by atoms with Gasteiger partial charge in [0.05, 0.1) is 35.9 Å². The van der Waals surface area contributed by atoms with Gasteiger partial charge >= 0.3 is 6.03 Å². The Hall–Kier alpha value is -3.87. The van der Waals surface area contributed by atoms with Crippen LogP contribution in [0.1, 0.15) is 37.1 Å². The molecule has 30 heavy (non-hydrogen) atoms. The number of rotatable bonds is 6. The van der Waals surface area contributed by atoms with E-state index in [1.54, 1.807) is 12.4 Å². The van der Waals surface area contributed by atoms with Gasteiger partial charge in [-0.3, -0.25) is 9.36 Å². The molecule has 0 radical (unpaired) electrons. The molecule has 2 amide bonds. The van der Waals surface area contributed by atoms with Crippen LogP contribution in [0.15, 0.2) is 85.5 Å². The summed E-state index contributed by atoms with van der Waals surface area (Å²) in [4.78, 5) is 12.4. The largest absolute Gasteiger partial charge is 0.323 e. The van der Waals surface area contributed by atoms with E-state index in [0.717, 1.165) is 11.1 Å². The zero-order valence-corrected chi connectivity index (χ0v) is 16.9. The van der Waals surface area contributed by atoms with Crippen LogP contribution in [-0.4, -0.2) is 25.6 Å². The molecule has 2 aromatic heterocycles. The van der Waals surface area contributed by atoms with E-state index in [-0.39, 0.29) is 18.1 Å². The number of carbonyl (C=O) groups excluding carboxylic acids is 1. The minimum Gasteiger partial charge on any atom is -0.305 e. The Morgan fingerprint density at radius 1 is 0.733 bits per heavy atom. The van der Waals surface area contributed by atoms with Crippen LogP contribution in [0.5, 0.6) is 0 Å². The third-order valence-corrected chi connectivity index (χ3v) is 5.08. The summed E-state index contributed by atoms with van der Waals surface area (Å²) in [6, 6.07) is 20.0. The number of nitrogens with one attached hydrogen (secondary N) is 2. The second kappa shape index (κ2) is 8.65. The summed E-state index contributed by atoms with van der Waals surface area (Å²) in [7, 11) is 0. The van der Waals surface area contributed by atoms with Crippen molar-refractivity contribution in [3.8, 4) is 0 Å². The minimum atomic E-state index is -0.339. The fourth-order valence-electron chi connectivity index (χ4n) is 3.29. The highest BCUT2D eigenvalue weighted by atomic mass is 16.2. The molecule has 2 atom stereocenters. The summed E-state index contributed by atoms with van der Waals surface area (Å²) in [5.74, 6) is 0. The van der Waals surface area contributed by atoms with Crippen molar-refractivity contribution in [2.24, 2.45) is 0 Å². The molecule has 0 saturated heterocycles. The fourth-order valence-corrected chi connectivity index (χ4v) is 3.29. The molecule has 4 rings (SSSR count). The van der Waals surface area contributed by atoms with Crippen LogP contribution in [0.3, 0.4) is 0 Å². The van der Waals surface area contributed by atoms with Crippen molar-refractivity contribution >= 4 is 17.4 Å². The van der Waals surface area contributed by atoms with E-state index < -0.39 is 0 Å². The van der Waals surface area contributed by atoms with E-state index in [4.69, 9.17) is 0 Å². The number of carbonyl (C=O) groups is 1. The summed E-state index contributed by atoms with van der Waals surface area (Å²) in [5.41, 5.74) is 3.55. The number of benzene rings is 2. The van der Waals surface area contributed by atoms with Crippen molar-refractivity contribution < 1.29 is 4.79 Å². The van der Waals surface area contributed by atoms with Crippen molar-refractivity contribution in [3.05, 3.63) is 96.6 Å². The molecule has 0 aliphatic rings. The van der Waals surface area contributed by atoms with Crippen LogP contribution in [-0.2, 0) is 0 Å². The molecule has 2 unspecified atom stereocenters. The number of aromatic nitrogens is 4. The molecule has 7 heteroatoms. The van der Waals surface area contributed by atoms with Gasteiger partial charge in [0, 0.05) is 12.4 Å². The van der Waals surface area contributed by atoms with Gasteiger partial charge < -0.3 is 10.6 Å². The molecule has 0 bridgehead atoms. The van der Waals surface area contributed by atoms with Crippen molar-refractivity contribution in [2.75, 3.05) is 10.6 Å². The van der Waals surface area contributed by atoms with E-state index >= 15 is 0 Å². The minimum absolute atomic E-state index is 0.0718. The first-order valence-corrected chi connectivity index (χ1v) is 9.86. The Morgan fingerprint density at radius 3 is 1.53 bits per heavy atom. The average Bonchev–Trinajstić information content (AvgIpc) is 3.44. The molecule has 7 nitrogen and oxygen atoms in total. The van der Waals surface area contributed by atoms with Gasteiger partial charge in [-0.15, -0.1) is 0 Å². The molecule has 2 N–H and O–H groups in total. The summed E-state index contributed by atoms with van der Waals surface area (Å²) in [6.45, 7) is 4.13. The number of urea groups is 1. The van der Waals surface area contributed by atoms with E-state index in [9.17, 15) is 4.79 Å². The maximum absolute atomic E-state index is 12.4. The maximum Gasteiger partial charge on any atom is 0.323 e. The Morgan fingerprint density at radius 2 is 1.13 bits per heavy atom. The zero-order chi connectivity index (χ0) is 20.9. The van der Waals surface area contributed by atoms with Crippen LogP contribution in [0.2, 0.25) is 0 Å². The average molecular weight is 400 g/mol. The van der Waals surface area contributed by atoms with Crippen molar-refractivity contribution in [1.29, 1.82) is 0 Å². The predicted octanol–water partition coefficient (Wildman–Crippen LogP) is 4.94. The molecule has 0 saturated carbocycles. The van der Waals surface area contributed by atoms with Gasteiger partial charge in [-0.25, -0.2) is 4.79 Å². The van der Waals surface area contributed by atoms with Crippen LogP contribution in [0, 0.1) is 0 Å². The SMILES string of the molecule is CC(c1ccccc1)n1cc(NC(=O)Nc2cnn(C(C)c3ccccc3)c2)cn1. The highest BCUT2D eigenvalue weighted by Gasteiger charge is 2.12. The highest BCUT2D eigenvalue weighted by Crippen LogP contribution is 2.20. The molecular weight excluding hydrogens is 376 g/mol. The Kier molecular flexibility index (Phi) is 5.61. The second-order valence-corrected chi connectivity index (χ2v) is 7.17. The summed E-state index contributed by atoms with van der Waals surface area (Å²) in [6.07, 6.45) is 6.91. The molecule has 152 valence electrons. The van der Waals surface area contributed by atoms with Crippen molar-refractivity contribution in [1.82, 2.24) is 19.6 Å². The highest BCUT2D eigenvalue weighted by molar-refractivity contribution is 5.99. The fraction of sp³-hybridized carbons (Fsp3) is 0.174. The lowest BCUT2D eigenvalue weighted by atomic mass is 10.1. The number of nitrogens with zero attached hydrogens (tertiary/aromatic N) is 4. The van der Waals surface area contributed by atoms with Gasteiger partial charge in [0.2, 0.25) is 0 Å². The lowest BCUT2D eigenvalue weighted by Crippen LogP contribution is -2.19. The van der Waals surface area contributed by atoms with Crippen LogP contribution < -0.4 is 10.6 Å². The monoisotopic (exact) mass is 400 g/mol. The first-order chi connectivity index (χ1) is 14.6. The third kappa shape index (κ3) is 4.41. The van der Waals surface area contributed by atoms with E-state index in [1.807, 2.05) is 58.2 Å². The molecule has 0 fully saturated rings. The molecule has 0 spiro atoms. The van der Waals surface area contributed by atoms with Gasteiger partial charge in [-0.05, 0) is 25.0 Å². The first-order valence-electron chi connectivity index (χ1n) is 9.86. The Bertz CT molecular complexity index is 1020. The molecule has 2 aromatic carbocycles. The van der Waals surface area contributed by atoms with Gasteiger partial charge in [-0.2, -0.15) is 10.2 Å². The van der Waals surface area contributed by atoms with Crippen molar-refractivity contribution in [3.63, 3.8) is 0 Å². The predicted molar refractivity (Wildman–Crippen MR) is 118 cm³/mol. The Balaban J connectivity index is 1.37. The number of anilines is 2. The van der Waals surface area contributed by atoms with Crippen LogP contribution >= 0.6 is 0 Å². The zero-order valence-electron chi connectivity index (χ0n) is 16.9. The third-order valence-electron chi connectivity index (χ3n) is 5.08. The van der Waals surface area contributed by atoms with Gasteiger partial charge in [0.1, 0.15) is 0 Å². The topological polar surface area (TPSA) is 76.8 Å². The quantitative estimate of drug-likeness (QED) is 0.481. The van der Waals surface area contributed by atoms with Gasteiger partial charge in [0.15, 0.2) is 0 Å². The Labute approximate surface area is 175 Å². The molecule has 0 aliphatic carbocycles. The lowest BCUT2D eigenvalue weighted by molar-refractivity contribution is 0.262. The smallest absolute Gasteiger partial charge is 0.305 e. The van der Waals surface area contributed by atoms with Gasteiger partial charge in [-0.1, -0.05) is 60.7 Å². The molecule has 0 aliphatic heterocycles. The standard InChI is InChI=1S/C23H24N6O/c1-17(19-9-5-3-6-10-19)28-15-21(13-24-28)26-23(30)27-22-14-25-29(16-22)18(2)20-11-7-4-8-12-20/h3-18H,1-2H3,(H2,26,27,30). The van der Waals surface area contributed by atoms with Crippen LogP contribution in [0.4, 0.5) is 16.2 Å². The van der Waals surface area contributed by atoms with E-state index in [1.165, 1.54) is 0 Å². The summed E-state index contributed by atoms with van der Waals surface area (Å²) >= 11 is 0.